The maximum atomic E-state index is 4.48. The van der Waals surface area contributed by atoms with E-state index in [0.29, 0.717) is 0 Å². The van der Waals surface area contributed by atoms with Gasteiger partial charge in [-0.1, -0.05) is 12.1 Å². The lowest BCUT2D eigenvalue weighted by molar-refractivity contribution is 0.297. The molecule has 1 heterocycles. The number of nitrogens with zero attached hydrogens (tertiary/aromatic N) is 2. The summed E-state index contributed by atoms with van der Waals surface area (Å²) in [4.78, 5) is 0. The van der Waals surface area contributed by atoms with E-state index in [0.717, 1.165) is 16.5 Å². The molecule has 50 valence electrons. The lowest BCUT2D eigenvalue weighted by Gasteiger charge is -1.86. The van der Waals surface area contributed by atoms with Crippen molar-refractivity contribution in [1.29, 1.82) is 0 Å². The quantitative estimate of drug-likeness (QED) is 0.589. The van der Waals surface area contributed by atoms with Gasteiger partial charge in [0.15, 0.2) is 5.03 Å². The van der Waals surface area contributed by atoms with E-state index in [4.69, 9.17) is 0 Å². The van der Waals surface area contributed by atoms with Crippen molar-refractivity contribution in [3.8, 4) is 0 Å². The van der Waals surface area contributed by atoms with Gasteiger partial charge < -0.3 is 0 Å². The molecule has 0 N–H and O–H groups in total. The van der Waals surface area contributed by atoms with E-state index < -0.39 is 0 Å². The molecule has 0 spiro atoms. The first kappa shape index (κ1) is 6.61. The Labute approximate surface area is 57.8 Å². The third-order valence-electron chi connectivity index (χ3n) is 0.892. The second-order valence-corrected chi connectivity index (χ2v) is 2.84. The molecule has 0 atom stereocenters. The SMILES string of the molecule is CCSc1nonc1C. The Morgan fingerprint density at radius 2 is 2.33 bits per heavy atom. The number of hydrogen-bond acceptors (Lipinski definition) is 4. The standard InChI is InChI=1S/C5H8N2OS/c1-3-9-5-4(2)6-8-7-5/h3H2,1-2H3. The summed E-state index contributed by atoms with van der Waals surface area (Å²) >= 11 is 1.64. The minimum Gasteiger partial charge on any atom is -0.243 e. The Morgan fingerprint density at radius 1 is 1.56 bits per heavy atom. The molecule has 0 aliphatic rings. The molecule has 0 bridgehead atoms. The largest absolute Gasteiger partial charge is 0.243 e. The van der Waals surface area contributed by atoms with Crippen molar-refractivity contribution in [2.24, 2.45) is 0 Å². The summed E-state index contributed by atoms with van der Waals surface area (Å²) in [5, 5.41) is 8.21. The van der Waals surface area contributed by atoms with Crippen molar-refractivity contribution in [2.45, 2.75) is 18.9 Å². The number of aryl methyl sites for hydroxylation is 1. The molecule has 0 aliphatic heterocycles. The Balaban J connectivity index is 2.69. The highest BCUT2D eigenvalue weighted by molar-refractivity contribution is 7.99. The summed E-state index contributed by atoms with van der Waals surface area (Å²) in [6, 6.07) is 0. The first-order chi connectivity index (χ1) is 4.34. The fourth-order valence-corrected chi connectivity index (χ4v) is 1.10. The minimum absolute atomic E-state index is 0.877. The molecule has 0 aliphatic carbocycles. The zero-order valence-corrected chi connectivity index (χ0v) is 6.23. The van der Waals surface area contributed by atoms with Crippen molar-refractivity contribution in [3.05, 3.63) is 5.69 Å². The van der Waals surface area contributed by atoms with E-state index >= 15 is 0 Å². The summed E-state index contributed by atoms with van der Waals surface area (Å²) in [5.74, 6) is 1.01. The average molecular weight is 144 g/mol. The number of aromatic nitrogens is 2. The molecule has 1 aromatic heterocycles. The van der Waals surface area contributed by atoms with E-state index in [-0.39, 0.29) is 0 Å². The highest BCUT2D eigenvalue weighted by atomic mass is 32.2. The van der Waals surface area contributed by atoms with Crippen LogP contribution in [-0.4, -0.2) is 16.1 Å². The molecular formula is C5H8N2OS. The molecular weight excluding hydrogens is 136 g/mol. The zero-order valence-electron chi connectivity index (χ0n) is 5.42. The van der Waals surface area contributed by atoms with Crippen molar-refractivity contribution < 1.29 is 4.63 Å². The first-order valence-corrected chi connectivity index (χ1v) is 3.75. The average Bonchev–Trinajstić information content (AvgIpc) is 2.18. The molecule has 0 fully saturated rings. The zero-order chi connectivity index (χ0) is 6.69. The maximum absolute atomic E-state index is 4.48. The summed E-state index contributed by atoms with van der Waals surface area (Å²) in [7, 11) is 0. The molecule has 4 heteroatoms. The molecule has 1 aromatic rings. The predicted octanol–water partition coefficient (Wildman–Crippen LogP) is 1.49. The van der Waals surface area contributed by atoms with Crippen LogP contribution in [0.3, 0.4) is 0 Å². The molecule has 0 amide bonds. The predicted molar refractivity (Wildman–Crippen MR) is 35.4 cm³/mol. The van der Waals surface area contributed by atoms with Crippen molar-refractivity contribution in [3.63, 3.8) is 0 Å². The van der Waals surface area contributed by atoms with Gasteiger partial charge in [-0.2, -0.15) is 0 Å². The van der Waals surface area contributed by atoms with Gasteiger partial charge in [-0.15, -0.1) is 11.8 Å². The van der Waals surface area contributed by atoms with E-state index in [9.17, 15) is 0 Å². The lowest BCUT2D eigenvalue weighted by atomic mass is 10.6. The van der Waals surface area contributed by atoms with Crippen LogP contribution in [0.25, 0.3) is 0 Å². The Bertz CT molecular complexity index is 187. The van der Waals surface area contributed by atoms with Gasteiger partial charge in [-0.25, -0.2) is 4.63 Å². The van der Waals surface area contributed by atoms with Crippen molar-refractivity contribution in [2.75, 3.05) is 5.75 Å². The first-order valence-electron chi connectivity index (χ1n) is 2.76. The van der Waals surface area contributed by atoms with Crippen LogP contribution in [0, 0.1) is 6.92 Å². The van der Waals surface area contributed by atoms with Crippen LogP contribution in [0.5, 0.6) is 0 Å². The smallest absolute Gasteiger partial charge is 0.163 e. The van der Waals surface area contributed by atoms with E-state index in [2.05, 4.69) is 21.9 Å². The Morgan fingerprint density at radius 3 is 2.78 bits per heavy atom. The summed E-state index contributed by atoms with van der Waals surface area (Å²) in [5.41, 5.74) is 0.877. The van der Waals surface area contributed by atoms with Gasteiger partial charge in [0.25, 0.3) is 0 Å². The third-order valence-corrected chi connectivity index (χ3v) is 1.82. The van der Waals surface area contributed by atoms with Crippen molar-refractivity contribution >= 4 is 11.8 Å². The van der Waals surface area contributed by atoms with Crippen LogP contribution in [0.4, 0.5) is 0 Å². The number of thioether (sulfide) groups is 1. The van der Waals surface area contributed by atoms with Gasteiger partial charge in [0, 0.05) is 0 Å². The minimum atomic E-state index is 0.877. The van der Waals surface area contributed by atoms with Crippen molar-refractivity contribution in [1.82, 2.24) is 10.3 Å². The second-order valence-electron chi connectivity index (χ2n) is 1.59. The molecule has 3 nitrogen and oxygen atoms in total. The Kier molecular flexibility index (Phi) is 2.10. The lowest BCUT2D eigenvalue weighted by Crippen LogP contribution is -1.75. The molecule has 0 unspecified atom stereocenters. The van der Waals surface area contributed by atoms with E-state index in [1.165, 1.54) is 0 Å². The van der Waals surface area contributed by atoms with Crippen LogP contribution in [0.2, 0.25) is 0 Å². The van der Waals surface area contributed by atoms with Crippen LogP contribution in [-0.2, 0) is 0 Å². The fraction of sp³-hybridized carbons (Fsp3) is 0.600. The fourth-order valence-electron chi connectivity index (χ4n) is 0.491. The monoisotopic (exact) mass is 144 g/mol. The number of rotatable bonds is 2. The summed E-state index contributed by atoms with van der Waals surface area (Å²) < 4.78 is 4.48. The molecule has 0 radical (unpaired) electrons. The van der Waals surface area contributed by atoms with Crippen LogP contribution in [0.1, 0.15) is 12.6 Å². The maximum Gasteiger partial charge on any atom is 0.163 e. The second kappa shape index (κ2) is 2.87. The van der Waals surface area contributed by atoms with E-state index in [1.54, 1.807) is 11.8 Å². The number of hydrogen-bond donors (Lipinski definition) is 0. The summed E-state index contributed by atoms with van der Waals surface area (Å²) in [6.45, 7) is 3.95. The molecule has 0 saturated carbocycles. The van der Waals surface area contributed by atoms with E-state index in [1.807, 2.05) is 6.92 Å². The molecule has 0 saturated heterocycles. The van der Waals surface area contributed by atoms with Gasteiger partial charge >= 0.3 is 0 Å². The van der Waals surface area contributed by atoms with Crippen LogP contribution >= 0.6 is 11.8 Å². The molecule has 1 rings (SSSR count). The topological polar surface area (TPSA) is 38.9 Å². The highest BCUT2D eigenvalue weighted by Gasteiger charge is 2.01. The molecule has 9 heavy (non-hydrogen) atoms. The van der Waals surface area contributed by atoms with Crippen LogP contribution < -0.4 is 0 Å². The summed E-state index contributed by atoms with van der Waals surface area (Å²) in [6.07, 6.45) is 0. The van der Waals surface area contributed by atoms with Gasteiger partial charge in [0.2, 0.25) is 0 Å². The third kappa shape index (κ3) is 1.45. The van der Waals surface area contributed by atoms with Gasteiger partial charge in [-0.3, -0.25) is 0 Å². The molecule has 0 aromatic carbocycles. The van der Waals surface area contributed by atoms with Gasteiger partial charge in [-0.05, 0) is 17.8 Å². The Hall–Kier alpha value is -0.510. The normalized spacial score (nSPS) is 10.0. The van der Waals surface area contributed by atoms with Crippen LogP contribution in [0.15, 0.2) is 9.65 Å². The van der Waals surface area contributed by atoms with Gasteiger partial charge in [0.1, 0.15) is 5.69 Å². The highest BCUT2D eigenvalue weighted by Crippen LogP contribution is 2.16. The van der Waals surface area contributed by atoms with Gasteiger partial charge in [0.05, 0.1) is 0 Å².